The van der Waals surface area contributed by atoms with Gasteiger partial charge >= 0.3 is 5.97 Å². The minimum absolute atomic E-state index is 0.00319. The van der Waals surface area contributed by atoms with Crippen LogP contribution in [0.25, 0.3) is 10.2 Å². The maximum Gasteiger partial charge on any atom is 0.352 e. The lowest BCUT2D eigenvalue weighted by molar-refractivity contribution is 0.0684. The van der Waals surface area contributed by atoms with Gasteiger partial charge in [0.1, 0.15) is 10.5 Å². The minimum atomic E-state index is -0.883. The van der Waals surface area contributed by atoms with Gasteiger partial charge in [0, 0.05) is 5.39 Å². The molecule has 0 bridgehead atoms. The predicted octanol–water partition coefficient (Wildman–Crippen LogP) is 4.01. The molecule has 0 aliphatic carbocycles. The molecule has 0 radical (unpaired) electrons. The molecule has 1 aromatic carbocycles. The van der Waals surface area contributed by atoms with Gasteiger partial charge in [0.25, 0.3) is 0 Å². The van der Waals surface area contributed by atoms with Crippen molar-refractivity contribution in [3.63, 3.8) is 0 Å². The summed E-state index contributed by atoms with van der Waals surface area (Å²) in [6.45, 7) is 2.03. The number of aromatic carboxylic acids is 1. The maximum absolute atomic E-state index is 11.4. The lowest BCUT2D eigenvalue weighted by atomic mass is 10.1. The average Bonchev–Trinajstić information content (AvgIpc) is 2.98. The Morgan fingerprint density at radius 3 is 2.68 bits per heavy atom. The van der Waals surface area contributed by atoms with Gasteiger partial charge in [-0.1, -0.05) is 30.3 Å². The zero-order chi connectivity index (χ0) is 13.4. The molecule has 1 unspecified atom stereocenters. The Balaban J connectivity index is 2.20. The second-order valence-corrected chi connectivity index (χ2v) is 5.37. The van der Waals surface area contributed by atoms with Crippen LogP contribution in [-0.2, 0) is 0 Å². The normalized spacial score (nSPS) is 12.7. The predicted molar refractivity (Wildman–Crippen MR) is 77.0 cm³/mol. The molecule has 3 nitrogen and oxygen atoms in total. The third-order valence-corrected chi connectivity index (χ3v) is 4.26. The van der Waals surface area contributed by atoms with E-state index < -0.39 is 5.97 Å². The molecule has 0 aliphatic rings. The lowest BCUT2D eigenvalue weighted by Crippen LogP contribution is -2.13. The number of fused-ring (bicyclic) bond motifs is 1. The SMILES string of the molecule is CC(c1ccccc1)n1c(C(=O)O)cc2ccsc21. The van der Waals surface area contributed by atoms with Crippen molar-refractivity contribution in [2.45, 2.75) is 13.0 Å². The Morgan fingerprint density at radius 2 is 2.00 bits per heavy atom. The molecule has 3 rings (SSSR count). The summed E-state index contributed by atoms with van der Waals surface area (Å²) in [5.74, 6) is -0.883. The molecular weight excluding hydrogens is 258 g/mol. The van der Waals surface area contributed by atoms with Gasteiger partial charge < -0.3 is 9.67 Å². The standard InChI is InChI=1S/C15H13NO2S/c1-10(11-5-3-2-4-6-11)16-13(15(17)18)9-12-7-8-19-14(12)16/h2-10H,1H3,(H,17,18). The zero-order valence-corrected chi connectivity index (χ0v) is 11.2. The summed E-state index contributed by atoms with van der Waals surface area (Å²) < 4.78 is 1.90. The van der Waals surface area contributed by atoms with Crippen LogP contribution in [0.4, 0.5) is 0 Å². The van der Waals surface area contributed by atoms with Crippen molar-refractivity contribution in [3.8, 4) is 0 Å². The van der Waals surface area contributed by atoms with Gasteiger partial charge in [-0.3, -0.25) is 0 Å². The highest BCUT2D eigenvalue weighted by Gasteiger charge is 2.20. The molecule has 96 valence electrons. The lowest BCUT2D eigenvalue weighted by Gasteiger charge is -2.17. The van der Waals surface area contributed by atoms with Crippen LogP contribution in [0.2, 0.25) is 0 Å². The van der Waals surface area contributed by atoms with Crippen LogP contribution in [0.1, 0.15) is 29.0 Å². The fourth-order valence-electron chi connectivity index (χ4n) is 2.37. The molecule has 2 aromatic heterocycles. The number of carboxylic acid groups (broad SMARTS) is 1. The number of benzene rings is 1. The zero-order valence-electron chi connectivity index (χ0n) is 10.4. The number of hydrogen-bond acceptors (Lipinski definition) is 2. The van der Waals surface area contributed by atoms with Crippen molar-refractivity contribution < 1.29 is 9.90 Å². The molecule has 0 amide bonds. The molecule has 1 N–H and O–H groups in total. The Kier molecular flexibility index (Phi) is 2.87. The highest BCUT2D eigenvalue weighted by Crippen LogP contribution is 2.31. The van der Waals surface area contributed by atoms with E-state index in [4.69, 9.17) is 0 Å². The number of carboxylic acids is 1. The topological polar surface area (TPSA) is 42.2 Å². The van der Waals surface area contributed by atoms with E-state index in [2.05, 4.69) is 0 Å². The van der Waals surface area contributed by atoms with Gasteiger partial charge in [-0.15, -0.1) is 11.3 Å². The molecule has 0 fully saturated rings. The van der Waals surface area contributed by atoms with Crippen molar-refractivity contribution in [2.24, 2.45) is 0 Å². The van der Waals surface area contributed by atoms with Crippen molar-refractivity contribution in [3.05, 3.63) is 59.1 Å². The first-order valence-electron chi connectivity index (χ1n) is 6.05. The Morgan fingerprint density at radius 1 is 1.26 bits per heavy atom. The first-order chi connectivity index (χ1) is 9.18. The number of thiophene rings is 1. The summed E-state index contributed by atoms with van der Waals surface area (Å²) in [5.41, 5.74) is 1.45. The third kappa shape index (κ3) is 1.94. The molecule has 2 heterocycles. The van der Waals surface area contributed by atoms with Crippen molar-refractivity contribution in [2.75, 3.05) is 0 Å². The Bertz CT molecular complexity index is 727. The van der Waals surface area contributed by atoms with Crippen LogP contribution in [0.5, 0.6) is 0 Å². The van der Waals surface area contributed by atoms with E-state index in [1.54, 1.807) is 17.4 Å². The summed E-state index contributed by atoms with van der Waals surface area (Å²) in [5, 5.41) is 12.3. The monoisotopic (exact) mass is 271 g/mol. The van der Waals surface area contributed by atoms with Gasteiger partial charge in [-0.25, -0.2) is 4.79 Å². The van der Waals surface area contributed by atoms with E-state index in [1.165, 1.54) is 0 Å². The summed E-state index contributed by atoms with van der Waals surface area (Å²) >= 11 is 1.57. The molecular formula is C15H13NO2S. The van der Waals surface area contributed by atoms with E-state index in [9.17, 15) is 9.90 Å². The van der Waals surface area contributed by atoms with E-state index in [0.29, 0.717) is 5.69 Å². The fourth-order valence-corrected chi connectivity index (χ4v) is 3.35. The van der Waals surface area contributed by atoms with Gasteiger partial charge in [0.15, 0.2) is 0 Å². The number of carbonyl (C=O) groups is 1. The van der Waals surface area contributed by atoms with Gasteiger partial charge in [0.2, 0.25) is 0 Å². The van der Waals surface area contributed by atoms with Crippen molar-refractivity contribution in [1.82, 2.24) is 4.57 Å². The molecule has 0 saturated heterocycles. The average molecular weight is 271 g/mol. The molecule has 0 aliphatic heterocycles. The maximum atomic E-state index is 11.4. The van der Waals surface area contributed by atoms with Crippen LogP contribution < -0.4 is 0 Å². The third-order valence-electron chi connectivity index (χ3n) is 3.33. The van der Waals surface area contributed by atoms with E-state index >= 15 is 0 Å². The van der Waals surface area contributed by atoms with E-state index in [-0.39, 0.29) is 6.04 Å². The first-order valence-corrected chi connectivity index (χ1v) is 6.93. The summed E-state index contributed by atoms with van der Waals surface area (Å²) in [6, 6.07) is 13.7. The minimum Gasteiger partial charge on any atom is -0.477 e. The first kappa shape index (κ1) is 12.0. The quantitative estimate of drug-likeness (QED) is 0.782. The van der Waals surface area contributed by atoms with Crippen LogP contribution in [0, 0.1) is 0 Å². The smallest absolute Gasteiger partial charge is 0.352 e. The molecule has 1 atom stereocenters. The number of hydrogen-bond donors (Lipinski definition) is 1. The summed E-state index contributed by atoms with van der Waals surface area (Å²) in [4.78, 5) is 12.4. The summed E-state index contributed by atoms with van der Waals surface area (Å²) in [7, 11) is 0. The number of nitrogens with zero attached hydrogens (tertiary/aromatic N) is 1. The molecule has 0 spiro atoms. The largest absolute Gasteiger partial charge is 0.477 e. The van der Waals surface area contributed by atoms with Crippen molar-refractivity contribution in [1.29, 1.82) is 0 Å². The fraction of sp³-hybridized carbons (Fsp3) is 0.133. The molecule has 4 heteroatoms. The van der Waals surface area contributed by atoms with E-state index in [0.717, 1.165) is 15.8 Å². The van der Waals surface area contributed by atoms with Crippen LogP contribution >= 0.6 is 11.3 Å². The van der Waals surface area contributed by atoms with Crippen LogP contribution in [0.15, 0.2) is 47.8 Å². The number of rotatable bonds is 3. The second-order valence-electron chi connectivity index (χ2n) is 4.47. The Labute approximate surface area is 114 Å². The molecule has 3 aromatic rings. The van der Waals surface area contributed by atoms with Gasteiger partial charge in [-0.05, 0) is 30.0 Å². The van der Waals surface area contributed by atoms with Crippen LogP contribution in [-0.4, -0.2) is 15.6 Å². The van der Waals surface area contributed by atoms with Gasteiger partial charge in [0.05, 0.1) is 6.04 Å². The van der Waals surface area contributed by atoms with Crippen LogP contribution in [0.3, 0.4) is 0 Å². The van der Waals surface area contributed by atoms with Crippen molar-refractivity contribution >= 4 is 27.5 Å². The Hall–Kier alpha value is -2.07. The molecule has 0 saturated carbocycles. The highest BCUT2D eigenvalue weighted by atomic mass is 32.1. The highest BCUT2D eigenvalue weighted by molar-refractivity contribution is 7.16. The molecule has 19 heavy (non-hydrogen) atoms. The number of aromatic nitrogens is 1. The summed E-state index contributed by atoms with van der Waals surface area (Å²) in [6.07, 6.45) is 0. The van der Waals surface area contributed by atoms with E-state index in [1.807, 2.05) is 53.3 Å². The second kappa shape index (κ2) is 4.55. The van der Waals surface area contributed by atoms with Gasteiger partial charge in [-0.2, -0.15) is 0 Å².